The predicted molar refractivity (Wildman–Crippen MR) is 71.1 cm³/mol. The Morgan fingerprint density at radius 3 is 2.38 bits per heavy atom. The van der Waals surface area contributed by atoms with Gasteiger partial charge in [-0.25, -0.2) is 0 Å². The summed E-state index contributed by atoms with van der Waals surface area (Å²) in [6, 6.07) is 5.64. The minimum Gasteiger partial charge on any atom is -0.508 e. The molecular formula is C13H22ClNO. The van der Waals surface area contributed by atoms with Gasteiger partial charge in [-0.2, -0.15) is 0 Å². The summed E-state index contributed by atoms with van der Waals surface area (Å²) in [5.74, 6) is 0.981. The van der Waals surface area contributed by atoms with E-state index < -0.39 is 0 Å². The largest absolute Gasteiger partial charge is 0.508 e. The van der Waals surface area contributed by atoms with E-state index in [0.29, 0.717) is 11.7 Å². The van der Waals surface area contributed by atoms with Crippen LogP contribution in [-0.2, 0) is 0 Å². The second kappa shape index (κ2) is 6.77. The van der Waals surface area contributed by atoms with Crippen LogP contribution in [0.2, 0.25) is 0 Å². The highest BCUT2D eigenvalue weighted by Crippen LogP contribution is 2.27. The van der Waals surface area contributed by atoms with Crippen molar-refractivity contribution in [1.82, 2.24) is 0 Å². The van der Waals surface area contributed by atoms with Gasteiger partial charge in [-0.05, 0) is 37.3 Å². The average Bonchev–Trinajstić information content (AvgIpc) is 2.14. The molecule has 0 amide bonds. The molecule has 0 saturated carbocycles. The molecule has 0 unspecified atom stereocenters. The van der Waals surface area contributed by atoms with Crippen LogP contribution in [0.4, 0.5) is 0 Å². The van der Waals surface area contributed by atoms with Crippen molar-refractivity contribution in [3.05, 3.63) is 29.3 Å². The summed E-state index contributed by atoms with van der Waals surface area (Å²) < 4.78 is 0. The fourth-order valence-electron chi connectivity index (χ4n) is 1.64. The van der Waals surface area contributed by atoms with Crippen molar-refractivity contribution < 1.29 is 5.11 Å². The van der Waals surface area contributed by atoms with Crippen LogP contribution >= 0.6 is 12.4 Å². The van der Waals surface area contributed by atoms with Crippen molar-refractivity contribution in [2.24, 2.45) is 11.7 Å². The van der Waals surface area contributed by atoms with Gasteiger partial charge in [0.1, 0.15) is 5.75 Å². The van der Waals surface area contributed by atoms with Crippen LogP contribution in [0.1, 0.15) is 43.9 Å². The van der Waals surface area contributed by atoms with Gasteiger partial charge in [-0.15, -0.1) is 12.4 Å². The minimum atomic E-state index is -0.0481. The number of halogens is 1. The molecule has 3 N–H and O–H groups in total. The number of benzene rings is 1. The highest BCUT2D eigenvalue weighted by Gasteiger charge is 2.11. The summed E-state index contributed by atoms with van der Waals surface area (Å²) in [5.41, 5.74) is 7.96. The Morgan fingerprint density at radius 1 is 1.25 bits per heavy atom. The maximum atomic E-state index is 9.75. The number of aryl methyl sites for hydroxylation is 1. The monoisotopic (exact) mass is 243 g/mol. The zero-order chi connectivity index (χ0) is 11.4. The third kappa shape index (κ3) is 4.42. The second-order valence-corrected chi connectivity index (χ2v) is 4.64. The smallest absolute Gasteiger partial charge is 0.120 e. The van der Waals surface area contributed by atoms with Crippen molar-refractivity contribution >= 4 is 12.4 Å². The third-order valence-corrected chi connectivity index (χ3v) is 2.64. The number of aromatic hydroxyl groups is 1. The van der Waals surface area contributed by atoms with Crippen LogP contribution < -0.4 is 5.73 Å². The van der Waals surface area contributed by atoms with E-state index >= 15 is 0 Å². The lowest BCUT2D eigenvalue weighted by atomic mass is 9.97. The van der Waals surface area contributed by atoms with Gasteiger partial charge in [0.05, 0.1) is 0 Å². The fourth-order valence-corrected chi connectivity index (χ4v) is 1.64. The lowest BCUT2D eigenvalue weighted by Gasteiger charge is -2.15. The molecule has 0 bridgehead atoms. The van der Waals surface area contributed by atoms with E-state index in [-0.39, 0.29) is 18.4 Å². The number of phenols is 1. The molecule has 0 saturated heterocycles. The van der Waals surface area contributed by atoms with E-state index in [1.807, 2.05) is 19.1 Å². The zero-order valence-electron chi connectivity index (χ0n) is 10.2. The van der Waals surface area contributed by atoms with Crippen LogP contribution in [0.25, 0.3) is 0 Å². The Balaban J connectivity index is 0.00000225. The van der Waals surface area contributed by atoms with Crippen molar-refractivity contribution in [3.8, 4) is 5.75 Å². The molecule has 2 nitrogen and oxygen atoms in total. The van der Waals surface area contributed by atoms with E-state index in [0.717, 1.165) is 24.0 Å². The van der Waals surface area contributed by atoms with Crippen LogP contribution in [0.5, 0.6) is 5.75 Å². The Bertz CT molecular complexity index is 326. The van der Waals surface area contributed by atoms with Gasteiger partial charge in [0.15, 0.2) is 0 Å². The zero-order valence-corrected chi connectivity index (χ0v) is 11.1. The molecule has 92 valence electrons. The van der Waals surface area contributed by atoms with E-state index in [1.165, 1.54) is 0 Å². The molecule has 0 aliphatic carbocycles. The molecule has 16 heavy (non-hydrogen) atoms. The van der Waals surface area contributed by atoms with E-state index in [9.17, 15) is 5.11 Å². The number of nitrogens with two attached hydrogens (primary N) is 1. The van der Waals surface area contributed by atoms with Gasteiger partial charge in [0.2, 0.25) is 0 Å². The second-order valence-electron chi connectivity index (χ2n) is 4.64. The first kappa shape index (κ1) is 15.3. The Labute approximate surface area is 104 Å². The molecule has 0 aliphatic rings. The molecule has 1 atom stereocenters. The normalized spacial score (nSPS) is 12.3. The SMILES string of the molecule is Cc1ccc([C@@H](N)CCC(C)C)c(O)c1.Cl. The van der Waals surface area contributed by atoms with Crippen LogP contribution in [0, 0.1) is 12.8 Å². The van der Waals surface area contributed by atoms with Crippen LogP contribution in [0.15, 0.2) is 18.2 Å². The number of hydrogen-bond acceptors (Lipinski definition) is 2. The summed E-state index contributed by atoms with van der Waals surface area (Å²) in [4.78, 5) is 0. The van der Waals surface area contributed by atoms with Gasteiger partial charge in [-0.1, -0.05) is 26.0 Å². The van der Waals surface area contributed by atoms with Crippen molar-refractivity contribution in [2.75, 3.05) is 0 Å². The first-order valence-electron chi connectivity index (χ1n) is 5.55. The maximum absolute atomic E-state index is 9.75. The number of phenolic OH excluding ortho intramolecular Hbond substituents is 1. The first-order valence-corrected chi connectivity index (χ1v) is 5.55. The topological polar surface area (TPSA) is 46.2 Å². The lowest BCUT2D eigenvalue weighted by molar-refractivity contribution is 0.448. The Hall–Kier alpha value is -0.730. The van der Waals surface area contributed by atoms with Crippen LogP contribution in [0.3, 0.4) is 0 Å². The summed E-state index contributed by atoms with van der Waals surface area (Å²) in [6.45, 7) is 6.33. The number of hydrogen-bond donors (Lipinski definition) is 2. The molecule has 1 aromatic carbocycles. The fraction of sp³-hybridized carbons (Fsp3) is 0.538. The molecule has 3 heteroatoms. The van der Waals surface area contributed by atoms with Crippen molar-refractivity contribution in [3.63, 3.8) is 0 Å². The molecular weight excluding hydrogens is 222 g/mol. The summed E-state index contributed by atoms with van der Waals surface area (Å²) in [5, 5.41) is 9.75. The number of rotatable bonds is 4. The Morgan fingerprint density at radius 2 is 1.88 bits per heavy atom. The average molecular weight is 244 g/mol. The van der Waals surface area contributed by atoms with Gasteiger partial charge < -0.3 is 10.8 Å². The highest BCUT2D eigenvalue weighted by atomic mass is 35.5. The molecule has 0 radical (unpaired) electrons. The molecule has 0 spiro atoms. The van der Waals surface area contributed by atoms with Gasteiger partial charge in [-0.3, -0.25) is 0 Å². The maximum Gasteiger partial charge on any atom is 0.120 e. The van der Waals surface area contributed by atoms with E-state index in [1.54, 1.807) is 6.07 Å². The molecule has 0 aliphatic heterocycles. The van der Waals surface area contributed by atoms with Gasteiger partial charge >= 0.3 is 0 Å². The first-order chi connectivity index (χ1) is 7.00. The molecule has 0 aromatic heterocycles. The quantitative estimate of drug-likeness (QED) is 0.850. The highest BCUT2D eigenvalue weighted by molar-refractivity contribution is 5.85. The molecule has 1 aromatic rings. The summed E-state index contributed by atoms with van der Waals surface area (Å²) >= 11 is 0. The predicted octanol–water partition coefficient (Wildman–Crippen LogP) is 3.56. The van der Waals surface area contributed by atoms with Crippen LogP contribution in [-0.4, -0.2) is 5.11 Å². The summed E-state index contributed by atoms with van der Waals surface area (Å²) in [6.07, 6.45) is 2.02. The Kier molecular flexibility index (Phi) is 6.46. The standard InChI is InChI=1S/C13H21NO.ClH/c1-9(2)4-7-12(14)11-6-5-10(3)8-13(11)15;/h5-6,8-9,12,15H,4,7,14H2,1-3H3;1H/t12-;/m0./s1. The van der Waals surface area contributed by atoms with Crippen molar-refractivity contribution in [2.45, 2.75) is 39.7 Å². The third-order valence-electron chi connectivity index (χ3n) is 2.64. The van der Waals surface area contributed by atoms with Gasteiger partial charge in [0, 0.05) is 11.6 Å². The van der Waals surface area contributed by atoms with E-state index in [2.05, 4.69) is 13.8 Å². The van der Waals surface area contributed by atoms with E-state index in [4.69, 9.17) is 5.73 Å². The summed E-state index contributed by atoms with van der Waals surface area (Å²) in [7, 11) is 0. The lowest BCUT2D eigenvalue weighted by Crippen LogP contribution is -2.11. The molecule has 0 heterocycles. The molecule has 1 rings (SSSR count). The van der Waals surface area contributed by atoms with Crippen molar-refractivity contribution in [1.29, 1.82) is 0 Å². The minimum absolute atomic E-state index is 0. The molecule has 0 fully saturated rings. The van der Waals surface area contributed by atoms with Gasteiger partial charge in [0.25, 0.3) is 0 Å².